The van der Waals surface area contributed by atoms with E-state index in [0.717, 1.165) is 4.70 Å². The van der Waals surface area contributed by atoms with Crippen LogP contribution in [0.5, 0.6) is 5.75 Å². The Morgan fingerprint density at radius 1 is 1.33 bits per heavy atom. The predicted octanol–water partition coefficient (Wildman–Crippen LogP) is 3.33. The molecule has 80 valence electrons. The van der Waals surface area contributed by atoms with Gasteiger partial charge in [0, 0.05) is 15.5 Å². The number of hydrogen-bond acceptors (Lipinski definition) is 3. The number of hydrogen-bond donors (Lipinski definition) is 2. The van der Waals surface area contributed by atoms with Crippen molar-refractivity contribution in [1.29, 1.82) is 0 Å². The summed E-state index contributed by atoms with van der Waals surface area (Å²) < 4.78 is 0.871. The predicted molar refractivity (Wildman–Crippen MR) is 61.8 cm³/mol. The summed E-state index contributed by atoms with van der Waals surface area (Å²) in [6.07, 6.45) is 0. The monoisotopic (exact) mass is 224 g/mol. The summed E-state index contributed by atoms with van der Waals surface area (Å²) in [4.78, 5) is 10.7. The Labute approximate surface area is 91.6 Å². The molecule has 0 saturated heterocycles. The third-order valence-corrected chi connectivity index (χ3v) is 2.75. The van der Waals surface area contributed by atoms with Gasteiger partial charge in [-0.05, 0) is 18.2 Å². The van der Waals surface area contributed by atoms with Gasteiger partial charge >= 0.3 is 5.97 Å². The first-order valence-electron chi connectivity index (χ1n) is 4.62. The number of rotatable bonds is 1. The van der Waals surface area contributed by atoms with Gasteiger partial charge in [-0.1, -0.05) is 13.8 Å². The molecule has 2 N–H and O–H groups in total. The second kappa shape index (κ2) is 4.79. The number of fused-ring (bicyclic) bond motifs is 1. The normalized spacial score (nSPS) is 9.47. The molecule has 1 aromatic heterocycles. The summed E-state index contributed by atoms with van der Waals surface area (Å²) in [5.74, 6) is -0.870. The Kier molecular flexibility index (Phi) is 3.68. The van der Waals surface area contributed by atoms with Crippen LogP contribution in [0.25, 0.3) is 10.1 Å². The van der Waals surface area contributed by atoms with Gasteiger partial charge in [0.2, 0.25) is 0 Å². The quantitative estimate of drug-likeness (QED) is 0.781. The largest absolute Gasteiger partial charge is 0.508 e. The maximum Gasteiger partial charge on any atom is 0.337 e. The van der Waals surface area contributed by atoms with Crippen molar-refractivity contribution in [2.45, 2.75) is 13.8 Å². The van der Waals surface area contributed by atoms with Crippen molar-refractivity contribution in [2.75, 3.05) is 0 Å². The molecule has 0 amide bonds. The summed E-state index contributed by atoms with van der Waals surface area (Å²) in [5.41, 5.74) is 0.246. The van der Waals surface area contributed by atoms with Crippen LogP contribution in [-0.4, -0.2) is 16.2 Å². The number of carboxylic acids is 1. The fourth-order valence-electron chi connectivity index (χ4n) is 1.18. The van der Waals surface area contributed by atoms with Gasteiger partial charge in [-0.2, -0.15) is 0 Å². The first kappa shape index (κ1) is 11.5. The van der Waals surface area contributed by atoms with E-state index in [2.05, 4.69) is 0 Å². The van der Waals surface area contributed by atoms with Crippen LogP contribution in [-0.2, 0) is 0 Å². The number of aromatic carboxylic acids is 1. The van der Waals surface area contributed by atoms with Crippen LogP contribution < -0.4 is 0 Å². The number of carbonyl (C=O) groups is 1. The van der Waals surface area contributed by atoms with Gasteiger partial charge in [0.25, 0.3) is 0 Å². The molecule has 0 radical (unpaired) electrons. The molecule has 15 heavy (non-hydrogen) atoms. The number of thiophene rings is 1. The molecule has 2 aromatic rings. The molecule has 0 atom stereocenters. The molecule has 2 rings (SSSR count). The lowest BCUT2D eigenvalue weighted by Crippen LogP contribution is -1.92. The molecular formula is C11H12O3S. The summed E-state index contributed by atoms with van der Waals surface area (Å²) in [5, 5.41) is 20.1. The highest BCUT2D eigenvalue weighted by Crippen LogP contribution is 2.28. The van der Waals surface area contributed by atoms with Crippen molar-refractivity contribution in [2.24, 2.45) is 0 Å². The van der Waals surface area contributed by atoms with Gasteiger partial charge in [0.15, 0.2) is 0 Å². The number of benzene rings is 1. The van der Waals surface area contributed by atoms with Crippen molar-refractivity contribution in [3.63, 3.8) is 0 Å². The molecule has 3 nitrogen and oxygen atoms in total. The lowest BCUT2D eigenvalue weighted by Gasteiger charge is -1.93. The molecule has 0 aliphatic rings. The lowest BCUT2D eigenvalue weighted by molar-refractivity contribution is 0.0699. The summed E-state index contributed by atoms with van der Waals surface area (Å²) in [7, 11) is 0. The van der Waals surface area contributed by atoms with Crippen LogP contribution in [0.4, 0.5) is 0 Å². The average molecular weight is 224 g/mol. The maximum absolute atomic E-state index is 10.7. The molecule has 0 fully saturated rings. The van der Waals surface area contributed by atoms with Crippen LogP contribution in [0.1, 0.15) is 24.2 Å². The first-order chi connectivity index (χ1) is 7.18. The van der Waals surface area contributed by atoms with Crippen LogP contribution in [0.15, 0.2) is 23.6 Å². The fourth-order valence-corrected chi connectivity index (χ4v) is 2.10. The minimum Gasteiger partial charge on any atom is -0.508 e. The van der Waals surface area contributed by atoms with Gasteiger partial charge < -0.3 is 10.2 Å². The maximum atomic E-state index is 10.7. The van der Waals surface area contributed by atoms with Crippen molar-refractivity contribution in [1.82, 2.24) is 0 Å². The lowest BCUT2D eigenvalue weighted by atomic mass is 10.2. The fraction of sp³-hybridized carbons (Fsp3) is 0.182. The van der Waals surface area contributed by atoms with Gasteiger partial charge in [-0.25, -0.2) is 4.79 Å². The van der Waals surface area contributed by atoms with E-state index in [1.165, 1.54) is 17.4 Å². The van der Waals surface area contributed by atoms with E-state index in [1.807, 2.05) is 13.8 Å². The highest BCUT2D eigenvalue weighted by atomic mass is 32.1. The van der Waals surface area contributed by atoms with Crippen molar-refractivity contribution in [3.8, 4) is 5.75 Å². The zero-order valence-electron chi connectivity index (χ0n) is 8.52. The minimum atomic E-state index is -0.961. The van der Waals surface area contributed by atoms with Crippen molar-refractivity contribution in [3.05, 3.63) is 29.1 Å². The highest BCUT2D eigenvalue weighted by molar-refractivity contribution is 7.17. The number of aromatic hydroxyl groups is 1. The third kappa shape index (κ3) is 2.27. The van der Waals surface area contributed by atoms with Gasteiger partial charge in [0.1, 0.15) is 5.75 Å². The van der Waals surface area contributed by atoms with Crippen LogP contribution in [0, 0.1) is 0 Å². The second-order valence-electron chi connectivity index (χ2n) is 2.63. The van der Waals surface area contributed by atoms with E-state index in [-0.39, 0.29) is 11.3 Å². The molecule has 0 unspecified atom stereocenters. The molecule has 1 aromatic carbocycles. The van der Waals surface area contributed by atoms with E-state index in [4.69, 9.17) is 10.2 Å². The zero-order chi connectivity index (χ0) is 11.4. The molecule has 0 bridgehead atoms. The Morgan fingerprint density at radius 3 is 2.60 bits per heavy atom. The number of phenolic OH excluding ortho intramolecular Hbond substituents is 1. The van der Waals surface area contributed by atoms with E-state index in [1.54, 1.807) is 17.5 Å². The summed E-state index contributed by atoms with van der Waals surface area (Å²) in [6.45, 7) is 4.00. The molecule has 0 saturated carbocycles. The van der Waals surface area contributed by atoms with E-state index in [0.29, 0.717) is 5.39 Å². The van der Waals surface area contributed by atoms with Crippen LogP contribution in [0.3, 0.4) is 0 Å². The number of phenols is 1. The van der Waals surface area contributed by atoms with Crippen molar-refractivity contribution >= 4 is 27.4 Å². The van der Waals surface area contributed by atoms with Crippen molar-refractivity contribution < 1.29 is 15.0 Å². The molecular weight excluding hydrogens is 212 g/mol. The van der Waals surface area contributed by atoms with Gasteiger partial charge in [-0.15, -0.1) is 11.3 Å². The van der Waals surface area contributed by atoms with E-state index >= 15 is 0 Å². The summed E-state index contributed by atoms with van der Waals surface area (Å²) in [6, 6.07) is 4.72. The third-order valence-electron chi connectivity index (χ3n) is 1.79. The number of carboxylic acid groups (broad SMARTS) is 1. The van der Waals surface area contributed by atoms with E-state index in [9.17, 15) is 4.79 Å². The van der Waals surface area contributed by atoms with Gasteiger partial charge in [0.05, 0.1) is 5.56 Å². The minimum absolute atomic E-state index is 0.0911. The van der Waals surface area contributed by atoms with Crippen LogP contribution in [0.2, 0.25) is 0 Å². The zero-order valence-corrected chi connectivity index (χ0v) is 9.34. The highest BCUT2D eigenvalue weighted by Gasteiger charge is 2.10. The molecule has 4 heteroatoms. The Bertz CT molecular complexity index is 474. The van der Waals surface area contributed by atoms with E-state index < -0.39 is 5.97 Å². The standard InChI is InChI=1S/C9H6O3S.C2H6/c10-5-1-2-8-6(3-5)7(4-13-8)9(11)12;1-2/h1-4,10H,(H,11,12);1-2H3. The molecule has 0 aliphatic carbocycles. The average Bonchev–Trinajstić information content (AvgIpc) is 2.63. The second-order valence-corrected chi connectivity index (χ2v) is 3.55. The smallest absolute Gasteiger partial charge is 0.337 e. The Balaban J connectivity index is 0.000000531. The first-order valence-corrected chi connectivity index (χ1v) is 5.50. The summed E-state index contributed by atoms with van der Waals surface area (Å²) >= 11 is 1.36. The SMILES string of the molecule is CC.O=C(O)c1csc2ccc(O)cc12. The Hall–Kier alpha value is -1.55. The Morgan fingerprint density at radius 2 is 2.00 bits per heavy atom. The molecule has 1 heterocycles. The van der Waals surface area contributed by atoms with Gasteiger partial charge in [-0.3, -0.25) is 0 Å². The molecule has 0 aliphatic heterocycles. The van der Waals surface area contributed by atoms with Crippen LogP contribution >= 0.6 is 11.3 Å². The topological polar surface area (TPSA) is 57.5 Å². The molecule has 0 spiro atoms.